The first kappa shape index (κ1) is 14.5. The highest BCUT2D eigenvalue weighted by atomic mass is 28.4. The molecule has 0 N–H and O–H groups in total. The van der Waals surface area contributed by atoms with Gasteiger partial charge in [-0.15, -0.1) is 0 Å². The Balaban J connectivity index is 4.16. The van der Waals surface area contributed by atoms with Crippen molar-refractivity contribution in [3.8, 4) is 0 Å². The van der Waals surface area contributed by atoms with Gasteiger partial charge in [0.15, 0.2) is 16.6 Å². The minimum atomic E-state index is -1.53. The molecule has 0 bridgehead atoms. The molecular weight excluding hydrogens is 228 g/mol. The highest BCUT2D eigenvalue weighted by molar-refractivity contribution is 6.71. The summed E-state index contributed by atoms with van der Waals surface area (Å²) >= 11 is 0. The SMILES string of the molecule is CO[Si]C(O[Si](C)(C)C)O[Si](C)(C)C. The lowest BCUT2D eigenvalue weighted by Gasteiger charge is -2.30. The fourth-order valence-electron chi connectivity index (χ4n) is 0.811. The van der Waals surface area contributed by atoms with Gasteiger partial charge < -0.3 is 13.3 Å². The van der Waals surface area contributed by atoms with Crippen LogP contribution in [0.5, 0.6) is 0 Å². The maximum absolute atomic E-state index is 5.89. The van der Waals surface area contributed by atoms with Crippen LogP contribution in [0, 0.1) is 0 Å². The van der Waals surface area contributed by atoms with E-state index in [0.29, 0.717) is 0 Å². The van der Waals surface area contributed by atoms with Crippen LogP contribution in [-0.2, 0) is 13.3 Å². The number of hydrogen-bond acceptors (Lipinski definition) is 3. The van der Waals surface area contributed by atoms with Crippen molar-refractivity contribution in [3.05, 3.63) is 0 Å². The molecule has 0 heterocycles. The predicted octanol–water partition coefficient (Wildman–Crippen LogP) is 2.24. The summed E-state index contributed by atoms with van der Waals surface area (Å²) in [6.07, 6.45) is 0. The Hall–Kier alpha value is 0.531. The van der Waals surface area contributed by atoms with E-state index in [0.717, 1.165) is 0 Å². The molecule has 2 radical (unpaired) electrons. The van der Waals surface area contributed by atoms with Gasteiger partial charge in [-0.25, -0.2) is 0 Å². The van der Waals surface area contributed by atoms with E-state index < -0.39 is 16.6 Å². The molecule has 0 amide bonds. The molecule has 0 rings (SSSR count). The molecule has 3 nitrogen and oxygen atoms in total. The average molecular weight is 251 g/mol. The van der Waals surface area contributed by atoms with Crippen molar-refractivity contribution in [1.82, 2.24) is 0 Å². The van der Waals surface area contributed by atoms with Crippen molar-refractivity contribution in [2.24, 2.45) is 0 Å². The van der Waals surface area contributed by atoms with Crippen molar-refractivity contribution in [3.63, 3.8) is 0 Å². The molecule has 14 heavy (non-hydrogen) atoms. The second-order valence-electron chi connectivity index (χ2n) is 5.11. The minimum absolute atomic E-state index is 0.154. The Kier molecular flexibility index (Phi) is 5.78. The van der Waals surface area contributed by atoms with E-state index in [9.17, 15) is 0 Å². The first-order valence-electron chi connectivity index (χ1n) is 4.78. The van der Waals surface area contributed by atoms with E-state index in [-0.39, 0.29) is 15.7 Å². The van der Waals surface area contributed by atoms with Crippen LogP contribution < -0.4 is 0 Å². The maximum Gasteiger partial charge on any atom is 0.296 e. The van der Waals surface area contributed by atoms with Gasteiger partial charge in [0.05, 0.1) is 0 Å². The van der Waals surface area contributed by atoms with E-state index in [1.54, 1.807) is 7.11 Å². The summed E-state index contributed by atoms with van der Waals surface area (Å²) in [6, 6.07) is 0. The predicted molar refractivity (Wildman–Crippen MR) is 65.4 cm³/mol. The third kappa shape index (κ3) is 9.10. The molecule has 0 unspecified atom stereocenters. The fraction of sp³-hybridized carbons (Fsp3) is 1.00. The lowest BCUT2D eigenvalue weighted by molar-refractivity contribution is 0.0494. The highest BCUT2D eigenvalue weighted by Gasteiger charge is 2.27. The molecular formula is C8H22O3Si3. The maximum atomic E-state index is 5.89. The van der Waals surface area contributed by atoms with E-state index in [4.69, 9.17) is 13.3 Å². The van der Waals surface area contributed by atoms with Crippen LogP contribution in [0.1, 0.15) is 0 Å². The Morgan fingerprint density at radius 2 is 1.21 bits per heavy atom. The summed E-state index contributed by atoms with van der Waals surface area (Å²) in [6.45, 7) is 13.0. The van der Waals surface area contributed by atoms with E-state index in [1.165, 1.54) is 0 Å². The number of hydrogen-bond donors (Lipinski definition) is 0. The van der Waals surface area contributed by atoms with Gasteiger partial charge in [0.25, 0.3) is 9.76 Å². The van der Waals surface area contributed by atoms with E-state index in [1.807, 2.05) is 0 Å². The summed E-state index contributed by atoms with van der Waals surface area (Å²) in [5.41, 5.74) is 0. The Bertz CT molecular complexity index is 146. The van der Waals surface area contributed by atoms with Gasteiger partial charge in [0.2, 0.25) is 0 Å². The van der Waals surface area contributed by atoms with Gasteiger partial charge in [0, 0.05) is 7.11 Å². The van der Waals surface area contributed by atoms with Crippen LogP contribution >= 0.6 is 0 Å². The van der Waals surface area contributed by atoms with Crippen LogP contribution in [0.25, 0.3) is 0 Å². The third-order valence-corrected chi connectivity index (χ3v) is 4.11. The summed E-state index contributed by atoms with van der Waals surface area (Å²) in [4.78, 5) is 0. The van der Waals surface area contributed by atoms with Crippen molar-refractivity contribution in [1.29, 1.82) is 0 Å². The van der Waals surface area contributed by atoms with Gasteiger partial charge in [0.1, 0.15) is 5.91 Å². The molecule has 0 aliphatic heterocycles. The molecule has 0 aliphatic carbocycles. The summed E-state index contributed by atoms with van der Waals surface area (Å²) in [7, 11) is -1.10. The van der Waals surface area contributed by atoms with Gasteiger partial charge in [-0.1, -0.05) is 0 Å². The second-order valence-corrected chi connectivity index (χ2v) is 15.2. The van der Waals surface area contributed by atoms with Crippen LogP contribution in [0.2, 0.25) is 39.3 Å². The van der Waals surface area contributed by atoms with Gasteiger partial charge in [-0.2, -0.15) is 0 Å². The largest absolute Gasteiger partial charge is 0.416 e. The topological polar surface area (TPSA) is 27.7 Å². The average Bonchev–Trinajstić information content (AvgIpc) is 1.78. The molecule has 0 saturated carbocycles. The van der Waals surface area contributed by atoms with Gasteiger partial charge in [-0.3, -0.25) is 0 Å². The molecule has 0 aromatic carbocycles. The zero-order valence-corrected chi connectivity index (χ0v) is 13.3. The third-order valence-electron chi connectivity index (χ3n) is 1.14. The molecule has 0 atom stereocenters. The first-order valence-corrected chi connectivity index (χ1v) is 12.6. The molecule has 0 spiro atoms. The summed E-state index contributed by atoms with van der Waals surface area (Å²) in [5.74, 6) is -0.154. The van der Waals surface area contributed by atoms with Crippen molar-refractivity contribution < 1.29 is 13.3 Å². The molecule has 6 heteroatoms. The first-order chi connectivity index (χ1) is 6.14. The summed E-state index contributed by atoms with van der Waals surface area (Å²) < 4.78 is 16.9. The van der Waals surface area contributed by atoms with Gasteiger partial charge >= 0.3 is 0 Å². The lowest BCUT2D eigenvalue weighted by Crippen LogP contribution is -2.43. The monoisotopic (exact) mass is 250 g/mol. The smallest absolute Gasteiger partial charge is 0.296 e. The standard InChI is InChI=1S/C8H22O3Si3/c1-9-12-8(10-13(2,3)4)11-14(5,6)7/h8H,1-7H3. The second kappa shape index (κ2) is 5.57. The van der Waals surface area contributed by atoms with E-state index >= 15 is 0 Å². The Morgan fingerprint density at radius 3 is 1.43 bits per heavy atom. The molecule has 0 saturated heterocycles. The Morgan fingerprint density at radius 1 is 0.857 bits per heavy atom. The highest BCUT2D eigenvalue weighted by Crippen LogP contribution is 2.13. The zero-order chi connectivity index (χ0) is 11.4. The van der Waals surface area contributed by atoms with Crippen LogP contribution in [0.15, 0.2) is 0 Å². The quantitative estimate of drug-likeness (QED) is 0.534. The summed E-state index contributed by atoms with van der Waals surface area (Å²) in [5, 5.41) is 0. The van der Waals surface area contributed by atoms with Crippen LogP contribution in [-0.4, -0.2) is 39.4 Å². The van der Waals surface area contributed by atoms with Gasteiger partial charge in [-0.05, 0) is 39.3 Å². The minimum Gasteiger partial charge on any atom is -0.416 e. The Labute approximate surface area is 92.3 Å². The molecule has 0 aromatic heterocycles. The van der Waals surface area contributed by atoms with Crippen LogP contribution in [0.3, 0.4) is 0 Å². The molecule has 0 fully saturated rings. The normalized spacial score (nSPS) is 13.7. The number of rotatable bonds is 6. The molecule has 0 aliphatic rings. The van der Waals surface area contributed by atoms with E-state index in [2.05, 4.69) is 39.3 Å². The zero-order valence-electron chi connectivity index (χ0n) is 10.3. The van der Waals surface area contributed by atoms with Crippen LogP contribution in [0.4, 0.5) is 0 Å². The molecule has 0 aromatic rings. The van der Waals surface area contributed by atoms with Crippen molar-refractivity contribution in [2.45, 2.75) is 45.2 Å². The lowest BCUT2D eigenvalue weighted by atomic mass is 11.5. The van der Waals surface area contributed by atoms with Crippen molar-refractivity contribution >= 4 is 26.4 Å². The fourth-order valence-corrected chi connectivity index (χ4v) is 4.99. The molecule has 84 valence electrons. The van der Waals surface area contributed by atoms with Crippen molar-refractivity contribution in [2.75, 3.05) is 7.11 Å².